The number of aromatic hydroxyl groups is 1. The second kappa shape index (κ2) is 10.6. The summed E-state index contributed by atoms with van der Waals surface area (Å²) in [6.07, 6.45) is 3.91. The van der Waals surface area contributed by atoms with Crippen molar-refractivity contribution in [2.45, 2.75) is 85.2 Å². The van der Waals surface area contributed by atoms with Gasteiger partial charge in [-0.25, -0.2) is 0 Å². The predicted molar refractivity (Wildman–Crippen MR) is 146 cm³/mol. The highest BCUT2D eigenvalue weighted by atomic mass is 79.9. The fourth-order valence-electron chi connectivity index (χ4n) is 4.38. The summed E-state index contributed by atoms with van der Waals surface area (Å²) in [5.74, 6) is 0.282. The molecule has 0 fully saturated rings. The normalized spacial score (nSPS) is 12.9. The van der Waals surface area contributed by atoms with Gasteiger partial charge in [0.05, 0.1) is 29.2 Å². The number of phenols is 1. The van der Waals surface area contributed by atoms with E-state index in [4.69, 9.17) is 0 Å². The molecule has 188 valence electrons. The standard InChI is InChI=1S/C29H38BrN3O2/c1-8-12-22-18-32(17-20-13-10-9-11-14-20)27(31-30)33(22)19-25(34)21-15-23(28(2,3)4)26(35)24(16-21)29(5,6)7/h9-11,13-16,18,35H,8,12,17,19H2,1-7H3/b31-27-. The molecule has 0 aliphatic heterocycles. The Morgan fingerprint density at radius 3 is 2.06 bits per heavy atom. The molecular formula is C29H38BrN3O2. The molecule has 0 unspecified atom stereocenters. The monoisotopic (exact) mass is 539 g/mol. The van der Waals surface area contributed by atoms with Gasteiger partial charge in [0.2, 0.25) is 5.62 Å². The number of aryl methyl sites for hydroxylation is 1. The number of imidazole rings is 1. The zero-order valence-electron chi connectivity index (χ0n) is 22.0. The number of rotatable bonds is 7. The number of ketones is 1. The van der Waals surface area contributed by atoms with Gasteiger partial charge in [-0.05, 0) is 34.9 Å². The Morgan fingerprint density at radius 1 is 1.00 bits per heavy atom. The van der Waals surface area contributed by atoms with E-state index in [1.165, 1.54) is 5.56 Å². The van der Waals surface area contributed by atoms with Crippen LogP contribution in [0.3, 0.4) is 0 Å². The van der Waals surface area contributed by atoms with Crippen LogP contribution in [-0.4, -0.2) is 20.0 Å². The first-order valence-electron chi connectivity index (χ1n) is 12.3. The highest BCUT2D eigenvalue weighted by molar-refractivity contribution is 9.08. The van der Waals surface area contributed by atoms with Crippen molar-refractivity contribution in [1.82, 2.24) is 9.13 Å². The van der Waals surface area contributed by atoms with Crippen LogP contribution < -0.4 is 5.62 Å². The SMILES string of the molecule is CCCc1cn(Cc2ccccc2)/c(=N/Br)n1CC(=O)c1cc(C(C)(C)C)c(O)c(C(C)(C)C)c1. The Labute approximate surface area is 217 Å². The number of aromatic nitrogens is 2. The molecular weight excluding hydrogens is 502 g/mol. The number of Topliss-reactive ketones (excluding diaryl/α,β-unsaturated/α-hetero) is 1. The number of carbonyl (C=O) groups excluding carboxylic acids is 1. The summed E-state index contributed by atoms with van der Waals surface area (Å²) in [7, 11) is 0. The van der Waals surface area contributed by atoms with Crippen LogP contribution in [0.4, 0.5) is 0 Å². The van der Waals surface area contributed by atoms with Gasteiger partial charge >= 0.3 is 0 Å². The summed E-state index contributed by atoms with van der Waals surface area (Å²) in [4.78, 5) is 13.7. The van der Waals surface area contributed by atoms with Crippen molar-refractivity contribution in [3.8, 4) is 5.75 Å². The summed E-state index contributed by atoms with van der Waals surface area (Å²) in [5, 5.41) is 11.1. The molecule has 0 saturated carbocycles. The number of hydrogen-bond acceptors (Lipinski definition) is 3. The van der Waals surface area contributed by atoms with E-state index in [0.717, 1.165) is 29.7 Å². The molecule has 6 heteroatoms. The molecule has 0 atom stereocenters. The molecule has 0 aliphatic rings. The Morgan fingerprint density at radius 2 is 1.57 bits per heavy atom. The van der Waals surface area contributed by atoms with Gasteiger partial charge in [0.1, 0.15) is 5.75 Å². The molecule has 35 heavy (non-hydrogen) atoms. The molecule has 0 radical (unpaired) electrons. The molecule has 0 aliphatic carbocycles. The molecule has 2 aromatic carbocycles. The van der Waals surface area contributed by atoms with Gasteiger partial charge in [-0.3, -0.25) is 4.79 Å². The van der Waals surface area contributed by atoms with Crippen molar-refractivity contribution in [2.24, 2.45) is 4.02 Å². The van der Waals surface area contributed by atoms with Crippen molar-refractivity contribution < 1.29 is 9.90 Å². The number of hydrogen-bond donors (Lipinski definition) is 1. The third kappa shape index (κ3) is 6.16. The van der Waals surface area contributed by atoms with Gasteiger partial charge in [0.25, 0.3) is 0 Å². The first-order valence-corrected chi connectivity index (χ1v) is 13.0. The molecule has 0 amide bonds. The van der Waals surface area contributed by atoms with E-state index >= 15 is 0 Å². The van der Waals surface area contributed by atoms with Gasteiger partial charge in [-0.2, -0.15) is 4.02 Å². The van der Waals surface area contributed by atoms with E-state index in [0.29, 0.717) is 17.7 Å². The topological polar surface area (TPSA) is 59.5 Å². The average Bonchev–Trinajstić information content (AvgIpc) is 3.08. The van der Waals surface area contributed by atoms with E-state index in [1.807, 2.05) is 34.9 Å². The van der Waals surface area contributed by atoms with E-state index in [1.54, 1.807) is 0 Å². The Hall–Kier alpha value is -2.60. The minimum absolute atomic E-state index is 0.00165. The third-order valence-electron chi connectivity index (χ3n) is 6.28. The molecule has 1 aromatic heterocycles. The van der Waals surface area contributed by atoms with Gasteiger partial charge in [-0.15, -0.1) is 0 Å². The molecule has 0 spiro atoms. The van der Waals surface area contributed by atoms with Crippen LogP contribution in [0.1, 0.15) is 87.6 Å². The van der Waals surface area contributed by atoms with Crippen LogP contribution in [0, 0.1) is 0 Å². The zero-order valence-corrected chi connectivity index (χ0v) is 23.6. The van der Waals surface area contributed by atoms with Crippen molar-refractivity contribution in [1.29, 1.82) is 0 Å². The van der Waals surface area contributed by atoms with E-state index in [2.05, 4.69) is 91.5 Å². The van der Waals surface area contributed by atoms with Crippen LogP contribution in [0.15, 0.2) is 52.7 Å². The molecule has 3 rings (SSSR count). The molecule has 1 heterocycles. The number of halogens is 1. The van der Waals surface area contributed by atoms with Crippen LogP contribution >= 0.6 is 16.1 Å². The number of phenolic OH excluding ortho intramolecular Hbond substituents is 1. The first kappa shape index (κ1) is 27.0. The van der Waals surface area contributed by atoms with Gasteiger partial charge in [-0.1, -0.05) is 85.2 Å². The Balaban J connectivity index is 2.08. The first-order chi connectivity index (χ1) is 16.4. The molecule has 1 N–H and O–H groups in total. The average molecular weight is 541 g/mol. The highest BCUT2D eigenvalue weighted by Crippen LogP contribution is 2.39. The Kier molecular flexibility index (Phi) is 8.15. The number of benzene rings is 2. The third-order valence-corrected chi connectivity index (χ3v) is 6.59. The van der Waals surface area contributed by atoms with E-state index in [-0.39, 0.29) is 28.9 Å². The van der Waals surface area contributed by atoms with Gasteiger partial charge in [0, 0.05) is 28.6 Å². The van der Waals surface area contributed by atoms with Crippen molar-refractivity contribution in [2.75, 3.05) is 0 Å². The summed E-state index contributed by atoms with van der Waals surface area (Å²) >= 11 is 3.31. The molecule has 0 saturated heterocycles. The number of nitrogens with zero attached hydrogens (tertiary/aromatic N) is 3. The fourth-order valence-corrected chi connectivity index (χ4v) is 4.78. The fraction of sp³-hybridized carbons (Fsp3) is 0.448. The van der Waals surface area contributed by atoms with Crippen LogP contribution in [0.2, 0.25) is 0 Å². The zero-order chi connectivity index (χ0) is 26.0. The van der Waals surface area contributed by atoms with Crippen molar-refractivity contribution in [3.63, 3.8) is 0 Å². The van der Waals surface area contributed by atoms with Crippen molar-refractivity contribution in [3.05, 3.63) is 82.2 Å². The lowest BCUT2D eigenvalue weighted by Crippen LogP contribution is -2.29. The summed E-state index contributed by atoms with van der Waals surface area (Å²) in [6.45, 7) is 15.3. The quantitative estimate of drug-likeness (QED) is 0.340. The molecule has 0 bridgehead atoms. The minimum atomic E-state index is -0.295. The van der Waals surface area contributed by atoms with Crippen LogP contribution in [0.5, 0.6) is 5.75 Å². The molecule has 3 aromatic rings. The largest absolute Gasteiger partial charge is 0.507 e. The summed E-state index contributed by atoms with van der Waals surface area (Å²) in [5.41, 5.74) is 4.55. The lowest BCUT2D eigenvalue weighted by Gasteiger charge is -2.28. The van der Waals surface area contributed by atoms with E-state index in [9.17, 15) is 9.90 Å². The Bertz CT molecular complexity index is 1220. The van der Waals surface area contributed by atoms with Gasteiger partial charge in [0.15, 0.2) is 5.78 Å². The number of carbonyl (C=O) groups is 1. The highest BCUT2D eigenvalue weighted by Gasteiger charge is 2.28. The second-order valence-electron chi connectivity index (χ2n) is 11.3. The lowest BCUT2D eigenvalue weighted by molar-refractivity contribution is 0.0969. The summed E-state index contributed by atoms with van der Waals surface area (Å²) in [6, 6.07) is 14.0. The predicted octanol–water partition coefficient (Wildman–Crippen LogP) is 6.68. The minimum Gasteiger partial charge on any atom is -0.507 e. The second-order valence-corrected chi connectivity index (χ2v) is 11.7. The van der Waals surface area contributed by atoms with Crippen LogP contribution in [-0.2, 0) is 30.3 Å². The van der Waals surface area contributed by atoms with Gasteiger partial charge < -0.3 is 14.2 Å². The maximum Gasteiger partial charge on any atom is 0.217 e. The maximum absolute atomic E-state index is 13.7. The molecule has 5 nitrogen and oxygen atoms in total. The van der Waals surface area contributed by atoms with Crippen LogP contribution in [0.25, 0.3) is 0 Å². The smallest absolute Gasteiger partial charge is 0.217 e. The van der Waals surface area contributed by atoms with Crippen molar-refractivity contribution >= 4 is 21.9 Å². The maximum atomic E-state index is 13.7. The summed E-state index contributed by atoms with van der Waals surface area (Å²) < 4.78 is 8.48. The van der Waals surface area contributed by atoms with E-state index < -0.39 is 0 Å². The lowest BCUT2D eigenvalue weighted by atomic mass is 9.78.